The van der Waals surface area contributed by atoms with Gasteiger partial charge in [0.2, 0.25) is 0 Å². The van der Waals surface area contributed by atoms with Crippen LogP contribution in [-0.4, -0.2) is 66.3 Å². The number of aliphatic hydroxyl groups is 1. The van der Waals surface area contributed by atoms with Gasteiger partial charge >= 0.3 is 0 Å². The lowest BCUT2D eigenvalue weighted by molar-refractivity contribution is 0.0486. The zero-order valence-corrected chi connectivity index (χ0v) is 12.5. The quantitative estimate of drug-likeness (QED) is 0.737. The highest BCUT2D eigenvalue weighted by Gasteiger charge is 2.30. The van der Waals surface area contributed by atoms with Crippen molar-refractivity contribution in [3.8, 4) is 0 Å². The van der Waals surface area contributed by atoms with Crippen LogP contribution in [0.25, 0.3) is 0 Å². The lowest BCUT2D eigenvalue weighted by Gasteiger charge is -2.42. The topological polar surface area (TPSA) is 52.7 Å². The number of aliphatic hydroxyl groups excluding tert-OH is 1. The molecule has 4 heteroatoms. The summed E-state index contributed by atoms with van der Waals surface area (Å²) in [4.78, 5) is 4.80. The zero-order chi connectivity index (χ0) is 13.7. The summed E-state index contributed by atoms with van der Waals surface area (Å²) in [6.45, 7) is 10.1. The average molecular weight is 257 g/mol. The van der Waals surface area contributed by atoms with Crippen LogP contribution in [0.4, 0.5) is 0 Å². The molecule has 108 valence electrons. The van der Waals surface area contributed by atoms with E-state index in [-0.39, 0.29) is 18.7 Å². The molecular formula is C14H31N3O. The van der Waals surface area contributed by atoms with Crippen molar-refractivity contribution in [2.24, 2.45) is 11.7 Å². The molecule has 3 N–H and O–H groups in total. The lowest BCUT2D eigenvalue weighted by atomic mass is 9.94. The molecule has 0 spiro atoms. The Labute approximate surface area is 112 Å². The zero-order valence-electron chi connectivity index (χ0n) is 12.5. The van der Waals surface area contributed by atoms with Gasteiger partial charge in [-0.2, -0.15) is 0 Å². The maximum absolute atomic E-state index is 9.61. The van der Waals surface area contributed by atoms with Gasteiger partial charge in [0.25, 0.3) is 0 Å². The van der Waals surface area contributed by atoms with Crippen LogP contribution in [0, 0.1) is 5.92 Å². The molecular weight excluding hydrogens is 226 g/mol. The number of piperidine rings is 1. The Hall–Kier alpha value is -0.160. The van der Waals surface area contributed by atoms with Crippen LogP contribution in [0.5, 0.6) is 0 Å². The van der Waals surface area contributed by atoms with E-state index in [1.807, 2.05) is 0 Å². The van der Waals surface area contributed by atoms with Gasteiger partial charge in [-0.25, -0.2) is 0 Å². The fraction of sp³-hybridized carbons (Fsp3) is 1.00. The van der Waals surface area contributed by atoms with Gasteiger partial charge in [-0.15, -0.1) is 0 Å². The smallest absolute Gasteiger partial charge is 0.0602 e. The second-order valence-electron chi connectivity index (χ2n) is 5.90. The van der Waals surface area contributed by atoms with E-state index in [4.69, 9.17) is 5.73 Å². The number of rotatable bonds is 6. The first-order valence-electron chi connectivity index (χ1n) is 7.32. The van der Waals surface area contributed by atoms with Gasteiger partial charge in [0.1, 0.15) is 0 Å². The molecule has 0 aromatic carbocycles. The van der Waals surface area contributed by atoms with E-state index in [1.165, 1.54) is 25.9 Å². The Morgan fingerprint density at radius 2 is 1.89 bits per heavy atom. The Bertz CT molecular complexity index is 227. The van der Waals surface area contributed by atoms with E-state index in [0.717, 1.165) is 6.54 Å². The molecule has 1 rings (SSSR count). The van der Waals surface area contributed by atoms with Crippen LogP contribution < -0.4 is 5.73 Å². The summed E-state index contributed by atoms with van der Waals surface area (Å²) in [5.41, 5.74) is 6.22. The standard InChI is InChI=1S/C14H31N3O/c1-5-17-8-6-12(7-9-17)16(4)13(10-18)14(15)11(2)3/h11-14,18H,5-10,15H2,1-4H3. The Morgan fingerprint density at radius 3 is 2.28 bits per heavy atom. The molecule has 1 saturated heterocycles. The van der Waals surface area contributed by atoms with E-state index < -0.39 is 0 Å². The molecule has 0 bridgehead atoms. The van der Waals surface area contributed by atoms with Gasteiger partial charge < -0.3 is 15.7 Å². The number of hydrogen-bond acceptors (Lipinski definition) is 4. The maximum atomic E-state index is 9.61. The summed E-state index contributed by atoms with van der Waals surface area (Å²) in [5, 5.41) is 9.61. The number of nitrogens with two attached hydrogens (primary N) is 1. The van der Waals surface area contributed by atoms with Crippen molar-refractivity contribution in [2.45, 2.75) is 51.7 Å². The molecule has 1 fully saturated rings. The first-order chi connectivity index (χ1) is 8.51. The summed E-state index contributed by atoms with van der Waals surface area (Å²) in [7, 11) is 2.12. The minimum Gasteiger partial charge on any atom is -0.395 e. The predicted molar refractivity (Wildman–Crippen MR) is 76.6 cm³/mol. The van der Waals surface area contributed by atoms with E-state index in [2.05, 4.69) is 37.6 Å². The SMILES string of the molecule is CCN1CCC(N(C)C(CO)C(N)C(C)C)CC1. The van der Waals surface area contributed by atoms with Crippen LogP contribution in [-0.2, 0) is 0 Å². The monoisotopic (exact) mass is 257 g/mol. The summed E-state index contributed by atoms with van der Waals surface area (Å²) in [5.74, 6) is 0.403. The van der Waals surface area contributed by atoms with Crippen LogP contribution in [0.3, 0.4) is 0 Å². The highest BCUT2D eigenvalue weighted by molar-refractivity contribution is 4.88. The number of nitrogens with zero attached hydrogens (tertiary/aromatic N) is 2. The first kappa shape index (κ1) is 15.9. The van der Waals surface area contributed by atoms with Crippen molar-refractivity contribution >= 4 is 0 Å². The van der Waals surface area contributed by atoms with Gasteiger partial charge in [0.15, 0.2) is 0 Å². The van der Waals surface area contributed by atoms with E-state index in [0.29, 0.717) is 12.0 Å². The van der Waals surface area contributed by atoms with Crippen molar-refractivity contribution in [2.75, 3.05) is 33.3 Å². The molecule has 0 amide bonds. The third-order valence-corrected chi connectivity index (χ3v) is 4.50. The predicted octanol–water partition coefficient (Wildman–Crippen LogP) is 0.747. The fourth-order valence-corrected chi connectivity index (χ4v) is 2.88. The maximum Gasteiger partial charge on any atom is 0.0602 e. The first-order valence-corrected chi connectivity index (χ1v) is 7.32. The third-order valence-electron chi connectivity index (χ3n) is 4.50. The van der Waals surface area contributed by atoms with Crippen molar-refractivity contribution < 1.29 is 5.11 Å². The molecule has 0 radical (unpaired) electrons. The van der Waals surface area contributed by atoms with E-state index in [9.17, 15) is 5.11 Å². The molecule has 4 nitrogen and oxygen atoms in total. The lowest BCUT2D eigenvalue weighted by Crippen LogP contribution is -2.56. The van der Waals surface area contributed by atoms with Gasteiger partial charge in [-0.05, 0) is 45.4 Å². The highest BCUT2D eigenvalue weighted by atomic mass is 16.3. The molecule has 2 atom stereocenters. The number of hydrogen-bond donors (Lipinski definition) is 2. The minimum atomic E-state index is 0.0456. The van der Waals surface area contributed by atoms with Crippen molar-refractivity contribution in [1.82, 2.24) is 9.80 Å². The molecule has 0 aliphatic carbocycles. The third kappa shape index (κ3) is 3.92. The van der Waals surface area contributed by atoms with Crippen LogP contribution in [0.1, 0.15) is 33.6 Å². The normalized spacial score (nSPS) is 22.7. The molecule has 0 aromatic heterocycles. The van der Waals surface area contributed by atoms with Crippen LogP contribution >= 0.6 is 0 Å². The molecule has 1 heterocycles. The Balaban J connectivity index is 2.54. The van der Waals surface area contributed by atoms with E-state index in [1.54, 1.807) is 0 Å². The number of likely N-dealkylation sites (tertiary alicyclic amines) is 1. The van der Waals surface area contributed by atoms with Crippen LogP contribution in [0.2, 0.25) is 0 Å². The highest BCUT2D eigenvalue weighted by Crippen LogP contribution is 2.19. The number of likely N-dealkylation sites (N-methyl/N-ethyl adjacent to an activating group) is 1. The summed E-state index contributed by atoms with van der Waals surface area (Å²) in [6.07, 6.45) is 2.37. The second kappa shape index (κ2) is 7.43. The average Bonchev–Trinajstić information content (AvgIpc) is 2.39. The van der Waals surface area contributed by atoms with Crippen LogP contribution in [0.15, 0.2) is 0 Å². The van der Waals surface area contributed by atoms with Gasteiger partial charge in [-0.1, -0.05) is 20.8 Å². The van der Waals surface area contributed by atoms with E-state index >= 15 is 0 Å². The second-order valence-corrected chi connectivity index (χ2v) is 5.90. The largest absolute Gasteiger partial charge is 0.395 e. The van der Waals surface area contributed by atoms with Gasteiger partial charge in [0.05, 0.1) is 6.61 Å². The molecule has 1 aliphatic rings. The molecule has 2 unspecified atom stereocenters. The summed E-state index contributed by atoms with van der Waals surface area (Å²) < 4.78 is 0. The Kier molecular flexibility index (Phi) is 6.57. The summed E-state index contributed by atoms with van der Waals surface area (Å²) >= 11 is 0. The molecule has 1 aliphatic heterocycles. The van der Waals surface area contributed by atoms with Crippen molar-refractivity contribution in [3.63, 3.8) is 0 Å². The minimum absolute atomic E-state index is 0.0456. The van der Waals surface area contributed by atoms with Gasteiger partial charge in [0, 0.05) is 18.1 Å². The molecule has 18 heavy (non-hydrogen) atoms. The van der Waals surface area contributed by atoms with Crippen molar-refractivity contribution in [3.05, 3.63) is 0 Å². The Morgan fingerprint density at radius 1 is 1.33 bits per heavy atom. The molecule has 0 aromatic rings. The van der Waals surface area contributed by atoms with Crippen molar-refractivity contribution in [1.29, 1.82) is 0 Å². The fourth-order valence-electron chi connectivity index (χ4n) is 2.88. The molecule has 0 saturated carbocycles. The van der Waals surface area contributed by atoms with Gasteiger partial charge in [-0.3, -0.25) is 4.90 Å². The summed E-state index contributed by atoms with van der Waals surface area (Å²) in [6, 6.07) is 0.696.